The van der Waals surface area contributed by atoms with Gasteiger partial charge in [0.05, 0.1) is 49.6 Å². The molecule has 0 aliphatic rings. The maximum atomic E-state index is 12.2. The van der Waals surface area contributed by atoms with Gasteiger partial charge in [-0.15, -0.1) is 0 Å². The van der Waals surface area contributed by atoms with Crippen molar-refractivity contribution < 1.29 is 70.8 Å². The van der Waals surface area contributed by atoms with Gasteiger partial charge in [-0.05, 0) is 0 Å². The number of hydrogen-bond donors (Lipinski definition) is 4. The Labute approximate surface area is 226 Å². The molecule has 22 heteroatoms. The molecule has 4 N–H and O–H groups in total. The molecule has 0 bridgehead atoms. The van der Waals surface area contributed by atoms with Gasteiger partial charge < -0.3 is 18.9 Å². The molecule has 0 saturated carbocycles. The summed E-state index contributed by atoms with van der Waals surface area (Å²) < 4.78 is 157. The molecular formula is C16H16Cl2O16S4. The van der Waals surface area contributed by atoms with Crippen LogP contribution in [0.5, 0.6) is 23.0 Å². The highest BCUT2D eigenvalue weighted by Crippen LogP contribution is 2.58. The highest BCUT2D eigenvalue weighted by molar-refractivity contribution is 7.87. The van der Waals surface area contributed by atoms with Crippen molar-refractivity contribution in [1.29, 1.82) is 0 Å². The quantitative estimate of drug-likeness (QED) is 0.278. The first-order chi connectivity index (χ1) is 17.1. The van der Waals surface area contributed by atoms with Crippen LogP contribution in [0.25, 0.3) is 11.1 Å². The van der Waals surface area contributed by atoms with Crippen LogP contribution >= 0.6 is 23.2 Å². The zero-order valence-corrected chi connectivity index (χ0v) is 23.9. The normalized spacial score (nSPS) is 12.8. The Hall–Kier alpha value is -2.14. The molecule has 0 aliphatic heterocycles. The monoisotopic (exact) mass is 662 g/mol. The molecule has 0 spiro atoms. The number of hydrogen-bond acceptors (Lipinski definition) is 12. The van der Waals surface area contributed by atoms with Crippen molar-refractivity contribution in [3.8, 4) is 34.1 Å². The van der Waals surface area contributed by atoms with Crippen LogP contribution in [0.3, 0.4) is 0 Å². The first-order valence-corrected chi connectivity index (χ1v) is 15.5. The van der Waals surface area contributed by atoms with E-state index in [9.17, 15) is 51.9 Å². The predicted molar refractivity (Wildman–Crippen MR) is 127 cm³/mol. The first-order valence-electron chi connectivity index (χ1n) is 8.96. The maximum absolute atomic E-state index is 12.2. The van der Waals surface area contributed by atoms with E-state index in [1.54, 1.807) is 0 Å². The number of benzene rings is 2. The van der Waals surface area contributed by atoms with Crippen molar-refractivity contribution >= 4 is 63.7 Å². The minimum Gasteiger partial charge on any atom is -0.494 e. The van der Waals surface area contributed by atoms with Crippen molar-refractivity contribution in [3.63, 3.8) is 0 Å². The third kappa shape index (κ3) is 5.46. The van der Waals surface area contributed by atoms with Crippen molar-refractivity contribution in [2.24, 2.45) is 0 Å². The fraction of sp³-hybridized carbons (Fsp3) is 0.250. The average molecular weight is 663 g/mol. The topological polar surface area (TPSA) is 254 Å². The summed E-state index contributed by atoms with van der Waals surface area (Å²) in [4.78, 5) is -6.14. The van der Waals surface area contributed by atoms with E-state index >= 15 is 0 Å². The molecule has 0 unspecified atom stereocenters. The van der Waals surface area contributed by atoms with E-state index < -0.39 is 104 Å². The fourth-order valence-corrected chi connectivity index (χ4v) is 8.06. The lowest BCUT2D eigenvalue weighted by atomic mass is 10.00. The summed E-state index contributed by atoms with van der Waals surface area (Å²) in [6.07, 6.45) is 0. The summed E-state index contributed by atoms with van der Waals surface area (Å²) >= 11 is 11.8. The van der Waals surface area contributed by atoms with Crippen LogP contribution in [-0.4, -0.2) is 80.3 Å². The lowest BCUT2D eigenvalue weighted by Gasteiger charge is -2.25. The van der Waals surface area contributed by atoms with Crippen molar-refractivity contribution in [1.82, 2.24) is 0 Å². The van der Waals surface area contributed by atoms with E-state index in [2.05, 4.69) is 0 Å². The second-order valence-corrected chi connectivity index (χ2v) is 12.9. The van der Waals surface area contributed by atoms with Gasteiger partial charge in [0.15, 0.2) is 42.6 Å². The Bertz CT molecular complexity index is 1510. The summed E-state index contributed by atoms with van der Waals surface area (Å²) in [5, 5.41) is -2.74. The summed E-state index contributed by atoms with van der Waals surface area (Å²) in [6, 6.07) is 0. The molecule has 0 radical (unpaired) electrons. The minimum atomic E-state index is -5.57. The molecule has 2 rings (SSSR count). The first kappa shape index (κ1) is 32.1. The van der Waals surface area contributed by atoms with E-state index in [1.807, 2.05) is 0 Å². The number of methoxy groups -OCH3 is 4. The van der Waals surface area contributed by atoms with Crippen LogP contribution in [0.2, 0.25) is 10.0 Å². The van der Waals surface area contributed by atoms with Crippen LogP contribution in [0.15, 0.2) is 19.6 Å². The van der Waals surface area contributed by atoms with Gasteiger partial charge in [0.2, 0.25) is 0 Å². The van der Waals surface area contributed by atoms with Crippen molar-refractivity contribution in [3.05, 3.63) is 10.0 Å². The van der Waals surface area contributed by atoms with Gasteiger partial charge in [-0.3, -0.25) is 18.2 Å². The zero-order chi connectivity index (χ0) is 29.8. The lowest BCUT2D eigenvalue weighted by Crippen LogP contribution is -2.14. The van der Waals surface area contributed by atoms with Crippen LogP contribution < -0.4 is 18.9 Å². The second-order valence-electron chi connectivity index (χ2n) is 6.73. The Kier molecular flexibility index (Phi) is 8.82. The van der Waals surface area contributed by atoms with Gasteiger partial charge in [-0.25, -0.2) is 0 Å². The number of rotatable bonds is 9. The molecule has 16 nitrogen and oxygen atoms in total. The minimum absolute atomic E-state index is 0.749. The molecule has 0 amide bonds. The summed E-state index contributed by atoms with van der Waals surface area (Å²) in [6.45, 7) is 0. The predicted octanol–water partition coefficient (Wildman–Crippen LogP) is 1.68. The van der Waals surface area contributed by atoms with Crippen molar-refractivity contribution in [2.45, 2.75) is 19.6 Å². The van der Waals surface area contributed by atoms with Crippen LogP contribution in [0.1, 0.15) is 0 Å². The van der Waals surface area contributed by atoms with Gasteiger partial charge in [0.25, 0.3) is 40.5 Å². The molecular weight excluding hydrogens is 647 g/mol. The zero-order valence-electron chi connectivity index (χ0n) is 19.1. The Balaban J connectivity index is 3.73. The fourth-order valence-electron chi connectivity index (χ4n) is 3.42. The van der Waals surface area contributed by atoms with Crippen molar-refractivity contribution in [2.75, 3.05) is 28.4 Å². The van der Waals surface area contributed by atoms with Gasteiger partial charge >= 0.3 is 0 Å². The standard InChI is InChI=1S/C16H16Cl2O16S4/c1-31-9-5(10(32-2)14(36(22,23)24)7(17)13(9)35(19,20)21)6-11(33-3)15(37(25,26)27)8(18)16(12(6)34-4)38(28,29)30/h1-4H3,(H,19,20,21)(H,22,23,24)(H,25,26,27)(H,28,29,30). The van der Waals surface area contributed by atoms with E-state index in [4.69, 9.17) is 42.1 Å². The van der Waals surface area contributed by atoms with Crippen LogP contribution in [-0.2, 0) is 40.5 Å². The smallest absolute Gasteiger partial charge is 0.299 e. The molecule has 0 aromatic heterocycles. The van der Waals surface area contributed by atoms with Crippen LogP contribution in [0.4, 0.5) is 0 Å². The van der Waals surface area contributed by atoms with Gasteiger partial charge in [-0.1, -0.05) is 23.2 Å². The molecule has 0 aliphatic carbocycles. The SMILES string of the molecule is COc1c(-c2c(OC)c(S(=O)(=O)O)c(Cl)c(S(=O)(=O)O)c2OC)c(OC)c(S(=O)(=O)O)c(Cl)c1S(=O)(=O)O. The summed E-state index contributed by atoms with van der Waals surface area (Å²) in [5.41, 5.74) is -2.17. The molecule has 38 heavy (non-hydrogen) atoms. The highest BCUT2D eigenvalue weighted by atomic mass is 35.5. The molecule has 0 saturated heterocycles. The lowest BCUT2D eigenvalue weighted by molar-refractivity contribution is 0.365. The Morgan fingerprint density at radius 2 is 0.605 bits per heavy atom. The number of ether oxygens (including phenoxy) is 4. The molecule has 214 valence electrons. The Morgan fingerprint density at radius 3 is 0.711 bits per heavy atom. The third-order valence-corrected chi connectivity index (χ3v) is 9.45. The van der Waals surface area contributed by atoms with Crippen LogP contribution in [0, 0.1) is 0 Å². The largest absolute Gasteiger partial charge is 0.494 e. The molecule has 2 aromatic rings. The maximum Gasteiger partial charge on any atom is 0.299 e. The molecule has 2 aromatic carbocycles. The molecule has 0 atom stereocenters. The van der Waals surface area contributed by atoms with E-state index in [1.165, 1.54) is 0 Å². The van der Waals surface area contributed by atoms with E-state index in [-0.39, 0.29) is 0 Å². The second kappa shape index (κ2) is 10.4. The summed E-state index contributed by atoms with van der Waals surface area (Å²) in [7, 11) is -19.3. The molecule has 0 fully saturated rings. The van der Waals surface area contributed by atoms with Gasteiger partial charge in [-0.2, -0.15) is 33.7 Å². The number of halogens is 2. The summed E-state index contributed by atoms with van der Waals surface area (Å²) in [5.74, 6) is -4.54. The van der Waals surface area contributed by atoms with Gasteiger partial charge in [0, 0.05) is 0 Å². The van der Waals surface area contributed by atoms with E-state index in [0.29, 0.717) is 0 Å². The Morgan fingerprint density at radius 1 is 0.447 bits per heavy atom. The highest BCUT2D eigenvalue weighted by Gasteiger charge is 2.42. The third-order valence-electron chi connectivity index (χ3n) is 4.63. The van der Waals surface area contributed by atoms with E-state index in [0.717, 1.165) is 28.4 Å². The molecule has 0 heterocycles. The van der Waals surface area contributed by atoms with Gasteiger partial charge in [0.1, 0.15) is 0 Å². The average Bonchev–Trinajstić information content (AvgIpc) is 2.73.